The first kappa shape index (κ1) is 8.94. The van der Waals surface area contributed by atoms with E-state index in [1.807, 2.05) is 23.9 Å². The molecule has 0 N–H and O–H groups in total. The number of aromatic nitrogens is 3. The van der Waals surface area contributed by atoms with Crippen molar-refractivity contribution in [3.05, 3.63) is 36.3 Å². The lowest BCUT2D eigenvalue weighted by Crippen LogP contribution is -1.99. The molecule has 14 heavy (non-hydrogen) atoms. The average molecular weight is 187 g/mol. The van der Waals surface area contributed by atoms with E-state index in [1.165, 1.54) is 0 Å². The van der Waals surface area contributed by atoms with Crippen LogP contribution in [0.3, 0.4) is 0 Å². The zero-order valence-electron chi connectivity index (χ0n) is 8.44. The van der Waals surface area contributed by atoms with Gasteiger partial charge in [0.2, 0.25) is 0 Å². The van der Waals surface area contributed by atoms with E-state index in [-0.39, 0.29) is 0 Å². The van der Waals surface area contributed by atoms with Crippen LogP contribution in [0.1, 0.15) is 12.6 Å². The largest absolute Gasteiger partial charge is 0.265 e. The molecule has 0 aliphatic carbocycles. The molecule has 0 atom stereocenters. The van der Waals surface area contributed by atoms with Gasteiger partial charge >= 0.3 is 0 Å². The van der Waals surface area contributed by atoms with Crippen molar-refractivity contribution in [1.82, 2.24) is 14.8 Å². The zero-order chi connectivity index (χ0) is 9.97. The van der Waals surface area contributed by atoms with Crippen LogP contribution in [-0.4, -0.2) is 14.8 Å². The number of hydrogen-bond acceptors (Lipinski definition) is 2. The summed E-state index contributed by atoms with van der Waals surface area (Å²) in [5.74, 6) is 0. The van der Waals surface area contributed by atoms with Crippen molar-refractivity contribution >= 4 is 0 Å². The molecule has 72 valence electrons. The fraction of sp³-hybridized carbons (Fsp3) is 0.273. The molecular formula is C11H13N3. The maximum absolute atomic E-state index is 4.39. The van der Waals surface area contributed by atoms with Crippen LogP contribution in [0, 0.1) is 6.92 Å². The molecule has 0 fully saturated rings. The third-order valence-electron chi connectivity index (χ3n) is 2.16. The molecule has 0 aliphatic heterocycles. The first-order chi connectivity index (χ1) is 6.81. The minimum atomic E-state index is 0.887. The lowest BCUT2D eigenvalue weighted by Gasteiger charge is -2.02. The third-order valence-corrected chi connectivity index (χ3v) is 2.16. The second-order valence-corrected chi connectivity index (χ2v) is 3.23. The van der Waals surface area contributed by atoms with Crippen molar-refractivity contribution in [2.24, 2.45) is 0 Å². The molecule has 0 saturated heterocycles. The Bertz CT molecular complexity index is 417. The van der Waals surface area contributed by atoms with Crippen LogP contribution in [0.4, 0.5) is 0 Å². The maximum Gasteiger partial charge on any atom is 0.0700 e. The Morgan fingerprint density at radius 3 is 2.93 bits per heavy atom. The molecule has 0 unspecified atom stereocenters. The number of nitrogens with zero attached hydrogens (tertiary/aromatic N) is 3. The van der Waals surface area contributed by atoms with Gasteiger partial charge in [0.1, 0.15) is 0 Å². The highest BCUT2D eigenvalue weighted by Crippen LogP contribution is 2.18. The Balaban J connectivity index is 2.51. The molecular weight excluding hydrogens is 174 g/mol. The van der Waals surface area contributed by atoms with Gasteiger partial charge in [0, 0.05) is 24.5 Å². The summed E-state index contributed by atoms with van der Waals surface area (Å²) in [6, 6.07) is 6.08. The molecule has 0 spiro atoms. The predicted molar refractivity (Wildman–Crippen MR) is 55.9 cm³/mol. The van der Waals surface area contributed by atoms with Crippen LogP contribution < -0.4 is 0 Å². The molecule has 0 amide bonds. The van der Waals surface area contributed by atoms with E-state index in [0.29, 0.717) is 0 Å². The van der Waals surface area contributed by atoms with Crippen LogP contribution in [-0.2, 0) is 6.54 Å². The van der Waals surface area contributed by atoms with E-state index in [0.717, 1.165) is 23.5 Å². The van der Waals surface area contributed by atoms with Gasteiger partial charge < -0.3 is 0 Å². The molecule has 0 radical (unpaired) electrons. The van der Waals surface area contributed by atoms with Crippen molar-refractivity contribution in [2.45, 2.75) is 20.4 Å². The van der Waals surface area contributed by atoms with Gasteiger partial charge in [-0.15, -0.1) is 0 Å². The molecule has 2 aromatic rings. The standard InChI is InChI=1S/C11H13N3/c1-3-14-11(7-9(2)13-14)10-5-4-6-12-8-10/h4-8H,3H2,1-2H3. The summed E-state index contributed by atoms with van der Waals surface area (Å²) in [5, 5.41) is 4.39. The summed E-state index contributed by atoms with van der Waals surface area (Å²) in [5.41, 5.74) is 3.30. The quantitative estimate of drug-likeness (QED) is 0.722. The maximum atomic E-state index is 4.39. The van der Waals surface area contributed by atoms with Gasteiger partial charge in [0.15, 0.2) is 0 Å². The number of hydrogen-bond donors (Lipinski definition) is 0. The predicted octanol–water partition coefficient (Wildman–Crippen LogP) is 2.27. The van der Waals surface area contributed by atoms with Gasteiger partial charge in [0.25, 0.3) is 0 Å². The van der Waals surface area contributed by atoms with Crippen LogP contribution >= 0.6 is 0 Å². The Morgan fingerprint density at radius 2 is 2.29 bits per heavy atom. The summed E-state index contributed by atoms with van der Waals surface area (Å²) in [6.45, 7) is 4.98. The minimum absolute atomic E-state index is 0.887. The first-order valence-electron chi connectivity index (χ1n) is 4.76. The Hall–Kier alpha value is -1.64. The van der Waals surface area contributed by atoms with Gasteiger partial charge in [0.05, 0.1) is 11.4 Å². The minimum Gasteiger partial charge on any atom is -0.265 e. The molecule has 3 heteroatoms. The average Bonchev–Trinajstić information content (AvgIpc) is 2.61. The van der Waals surface area contributed by atoms with Crippen molar-refractivity contribution in [3.63, 3.8) is 0 Å². The van der Waals surface area contributed by atoms with Gasteiger partial charge in [-0.25, -0.2) is 0 Å². The summed E-state index contributed by atoms with van der Waals surface area (Å²) in [4.78, 5) is 4.10. The van der Waals surface area contributed by atoms with Crippen molar-refractivity contribution in [1.29, 1.82) is 0 Å². The highest BCUT2D eigenvalue weighted by Gasteiger charge is 2.05. The topological polar surface area (TPSA) is 30.7 Å². The Kier molecular flexibility index (Phi) is 2.31. The molecule has 0 aromatic carbocycles. The number of pyridine rings is 1. The summed E-state index contributed by atoms with van der Waals surface area (Å²) in [6.07, 6.45) is 3.64. The molecule has 3 nitrogen and oxygen atoms in total. The first-order valence-corrected chi connectivity index (χ1v) is 4.76. The van der Waals surface area contributed by atoms with Crippen LogP contribution in [0.15, 0.2) is 30.6 Å². The molecule has 2 rings (SSSR count). The monoisotopic (exact) mass is 187 g/mol. The molecule has 0 aliphatic rings. The fourth-order valence-electron chi connectivity index (χ4n) is 1.53. The number of aryl methyl sites for hydroxylation is 2. The second-order valence-electron chi connectivity index (χ2n) is 3.23. The summed E-state index contributed by atoms with van der Waals surface area (Å²) in [7, 11) is 0. The summed E-state index contributed by atoms with van der Waals surface area (Å²) < 4.78 is 1.99. The van der Waals surface area contributed by atoms with Gasteiger partial charge in [-0.2, -0.15) is 5.10 Å². The lowest BCUT2D eigenvalue weighted by molar-refractivity contribution is 0.660. The van der Waals surface area contributed by atoms with Gasteiger partial charge in [-0.1, -0.05) is 0 Å². The SMILES string of the molecule is CCn1nc(C)cc1-c1cccnc1. The van der Waals surface area contributed by atoms with Crippen LogP contribution in [0.25, 0.3) is 11.3 Å². The zero-order valence-corrected chi connectivity index (χ0v) is 8.44. The van der Waals surface area contributed by atoms with Crippen molar-refractivity contribution in [2.75, 3.05) is 0 Å². The van der Waals surface area contributed by atoms with E-state index < -0.39 is 0 Å². The van der Waals surface area contributed by atoms with Crippen LogP contribution in [0.2, 0.25) is 0 Å². The smallest absolute Gasteiger partial charge is 0.0700 e. The number of rotatable bonds is 2. The molecule has 2 heterocycles. The highest BCUT2D eigenvalue weighted by atomic mass is 15.3. The Labute approximate surface area is 83.4 Å². The van der Waals surface area contributed by atoms with E-state index >= 15 is 0 Å². The normalized spacial score (nSPS) is 10.4. The second kappa shape index (κ2) is 3.62. The summed E-state index contributed by atoms with van der Waals surface area (Å²) >= 11 is 0. The van der Waals surface area contributed by atoms with E-state index in [4.69, 9.17) is 0 Å². The van der Waals surface area contributed by atoms with E-state index in [9.17, 15) is 0 Å². The van der Waals surface area contributed by atoms with Crippen LogP contribution in [0.5, 0.6) is 0 Å². The third kappa shape index (κ3) is 1.53. The van der Waals surface area contributed by atoms with E-state index in [1.54, 1.807) is 6.20 Å². The Morgan fingerprint density at radius 1 is 1.43 bits per heavy atom. The van der Waals surface area contributed by atoms with Gasteiger partial charge in [-0.3, -0.25) is 9.67 Å². The van der Waals surface area contributed by atoms with E-state index in [2.05, 4.69) is 29.1 Å². The van der Waals surface area contributed by atoms with Crippen molar-refractivity contribution in [3.8, 4) is 11.3 Å². The molecule has 0 saturated carbocycles. The van der Waals surface area contributed by atoms with Gasteiger partial charge in [-0.05, 0) is 32.0 Å². The molecule has 0 bridgehead atoms. The fourth-order valence-corrected chi connectivity index (χ4v) is 1.53. The van der Waals surface area contributed by atoms with Crippen molar-refractivity contribution < 1.29 is 0 Å². The highest BCUT2D eigenvalue weighted by molar-refractivity contribution is 5.58. The molecule has 2 aromatic heterocycles. The lowest BCUT2D eigenvalue weighted by atomic mass is 10.2.